The van der Waals surface area contributed by atoms with Crippen molar-refractivity contribution in [3.63, 3.8) is 0 Å². The highest BCUT2D eigenvalue weighted by Crippen LogP contribution is 2.26. The van der Waals surface area contributed by atoms with E-state index in [1.54, 1.807) is 18.2 Å². The number of non-ortho nitro benzene ring substituents is 1. The number of rotatable bonds is 6. The van der Waals surface area contributed by atoms with Crippen molar-refractivity contribution < 1.29 is 18.8 Å². The summed E-state index contributed by atoms with van der Waals surface area (Å²) in [5.74, 6) is -0.719. The van der Waals surface area contributed by atoms with E-state index in [0.29, 0.717) is 45.0 Å². The molecule has 2 aromatic carbocycles. The Bertz CT molecular complexity index is 837. The number of amides is 1. The van der Waals surface area contributed by atoms with Crippen LogP contribution in [0.25, 0.3) is 0 Å². The third-order valence-electron chi connectivity index (χ3n) is 4.38. The molecule has 0 aromatic heterocycles. The number of benzene rings is 2. The van der Waals surface area contributed by atoms with Crippen LogP contribution in [0.4, 0.5) is 15.8 Å². The fraction of sp³-hybridized carbons (Fsp3) is 0.316. The first kappa shape index (κ1) is 18.8. The Morgan fingerprint density at radius 3 is 2.70 bits per heavy atom. The highest BCUT2D eigenvalue weighted by Gasteiger charge is 2.21. The van der Waals surface area contributed by atoms with Crippen molar-refractivity contribution >= 4 is 17.3 Å². The van der Waals surface area contributed by atoms with Gasteiger partial charge in [0.2, 0.25) is 0 Å². The van der Waals surface area contributed by atoms with Gasteiger partial charge in [-0.1, -0.05) is 12.1 Å². The van der Waals surface area contributed by atoms with E-state index < -0.39 is 10.8 Å². The number of ether oxygens (including phenoxy) is 1. The van der Waals surface area contributed by atoms with Crippen molar-refractivity contribution in [2.24, 2.45) is 0 Å². The van der Waals surface area contributed by atoms with Gasteiger partial charge < -0.3 is 15.0 Å². The van der Waals surface area contributed by atoms with Crippen molar-refractivity contribution in [1.82, 2.24) is 5.32 Å². The van der Waals surface area contributed by atoms with E-state index in [9.17, 15) is 19.3 Å². The molecule has 0 unspecified atom stereocenters. The molecule has 1 amide bonds. The molecule has 142 valence electrons. The van der Waals surface area contributed by atoms with Crippen LogP contribution in [0, 0.1) is 15.9 Å². The molecule has 0 radical (unpaired) electrons. The highest BCUT2D eigenvalue weighted by molar-refractivity contribution is 6.00. The molecule has 0 spiro atoms. The number of nitrogens with one attached hydrogen (secondary N) is 1. The Balaban J connectivity index is 1.74. The third kappa shape index (κ3) is 4.79. The standard InChI is InChI=1S/C19H20FN3O4/c20-15-3-1-2-14(12-15)6-7-21-19(24)17-13-16(23(25)26)4-5-18(17)22-8-10-27-11-9-22/h1-5,12-13H,6-11H2,(H,21,24). The molecule has 0 atom stereocenters. The lowest BCUT2D eigenvalue weighted by atomic mass is 10.1. The van der Waals surface area contributed by atoms with Gasteiger partial charge in [0.15, 0.2) is 0 Å². The van der Waals surface area contributed by atoms with E-state index in [1.807, 2.05) is 4.90 Å². The number of nitro benzene ring substituents is 1. The van der Waals surface area contributed by atoms with Crippen molar-refractivity contribution in [3.8, 4) is 0 Å². The molecule has 2 aromatic rings. The van der Waals surface area contributed by atoms with Crippen LogP contribution in [0.1, 0.15) is 15.9 Å². The Kier molecular flexibility index (Phi) is 5.97. The fourth-order valence-electron chi connectivity index (χ4n) is 3.01. The van der Waals surface area contributed by atoms with Gasteiger partial charge in [-0.15, -0.1) is 0 Å². The first-order chi connectivity index (χ1) is 13.0. The summed E-state index contributed by atoms with van der Waals surface area (Å²) in [6.07, 6.45) is 0.464. The highest BCUT2D eigenvalue weighted by atomic mass is 19.1. The van der Waals surface area contributed by atoms with Gasteiger partial charge >= 0.3 is 0 Å². The number of halogens is 1. The summed E-state index contributed by atoms with van der Waals surface area (Å²) in [5, 5.41) is 13.9. The summed E-state index contributed by atoms with van der Waals surface area (Å²) in [7, 11) is 0. The van der Waals surface area contributed by atoms with Crippen LogP contribution in [-0.4, -0.2) is 43.7 Å². The Labute approximate surface area is 155 Å². The Hall–Kier alpha value is -3.00. The van der Waals surface area contributed by atoms with Crippen LogP contribution in [0.3, 0.4) is 0 Å². The Morgan fingerprint density at radius 1 is 1.22 bits per heavy atom. The number of hydrogen-bond acceptors (Lipinski definition) is 5. The summed E-state index contributed by atoms with van der Waals surface area (Å²) in [6.45, 7) is 2.60. The maximum atomic E-state index is 13.2. The number of hydrogen-bond donors (Lipinski definition) is 1. The summed E-state index contributed by atoms with van der Waals surface area (Å²) < 4.78 is 18.6. The number of nitrogens with zero attached hydrogens (tertiary/aromatic N) is 2. The first-order valence-corrected chi connectivity index (χ1v) is 8.68. The molecular weight excluding hydrogens is 353 g/mol. The van der Waals surface area contributed by atoms with E-state index in [-0.39, 0.29) is 17.1 Å². The van der Waals surface area contributed by atoms with Gasteiger partial charge in [0.1, 0.15) is 5.82 Å². The molecule has 1 fully saturated rings. The van der Waals surface area contributed by atoms with Crippen LogP contribution in [0.2, 0.25) is 0 Å². The maximum absolute atomic E-state index is 13.2. The SMILES string of the molecule is O=C(NCCc1cccc(F)c1)c1cc([N+](=O)[O-])ccc1N1CCOCC1. The predicted octanol–water partition coefficient (Wildman–Crippen LogP) is 2.54. The average molecular weight is 373 g/mol. The predicted molar refractivity (Wildman–Crippen MR) is 98.6 cm³/mol. The van der Waals surface area contributed by atoms with E-state index in [1.165, 1.54) is 24.3 Å². The molecule has 0 bridgehead atoms. The van der Waals surface area contributed by atoms with E-state index in [2.05, 4.69) is 5.32 Å². The van der Waals surface area contributed by atoms with Gasteiger partial charge in [0.25, 0.3) is 11.6 Å². The summed E-state index contributed by atoms with van der Waals surface area (Å²) in [6, 6.07) is 10.5. The molecule has 1 N–H and O–H groups in total. The van der Waals surface area contributed by atoms with Crippen LogP contribution in [0.5, 0.6) is 0 Å². The summed E-state index contributed by atoms with van der Waals surface area (Å²) >= 11 is 0. The van der Waals surface area contributed by atoms with Crippen LogP contribution in [0.15, 0.2) is 42.5 Å². The van der Waals surface area contributed by atoms with E-state index >= 15 is 0 Å². The fourth-order valence-corrected chi connectivity index (χ4v) is 3.01. The molecular formula is C19H20FN3O4. The van der Waals surface area contributed by atoms with Gasteiger partial charge in [-0.3, -0.25) is 14.9 Å². The minimum absolute atomic E-state index is 0.137. The maximum Gasteiger partial charge on any atom is 0.270 e. The van der Waals surface area contributed by atoms with E-state index in [4.69, 9.17) is 4.74 Å². The van der Waals surface area contributed by atoms with Crippen molar-refractivity contribution in [3.05, 3.63) is 69.5 Å². The number of carbonyl (C=O) groups excluding carboxylic acids is 1. The lowest BCUT2D eigenvalue weighted by Gasteiger charge is -2.30. The largest absolute Gasteiger partial charge is 0.378 e. The Morgan fingerprint density at radius 2 is 2.00 bits per heavy atom. The van der Waals surface area contributed by atoms with Crippen LogP contribution in [-0.2, 0) is 11.2 Å². The molecule has 0 aliphatic carbocycles. The zero-order chi connectivity index (χ0) is 19.2. The zero-order valence-electron chi connectivity index (χ0n) is 14.7. The molecule has 7 nitrogen and oxygen atoms in total. The molecule has 1 saturated heterocycles. The van der Waals surface area contributed by atoms with Crippen LogP contribution >= 0.6 is 0 Å². The number of anilines is 1. The van der Waals surface area contributed by atoms with Crippen molar-refractivity contribution in [2.75, 3.05) is 37.7 Å². The second-order valence-corrected chi connectivity index (χ2v) is 6.19. The number of morpholine rings is 1. The second kappa shape index (κ2) is 8.59. The number of nitro groups is 1. The molecule has 1 aliphatic heterocycles. The van der Waals surface area contributed by atoms with Crippen molar-refractivity contribution in [2.45, 2.75) is 6.42 Å². The molecule has 1 aliphatic rings. The van der Waals surface area contributed by atoms with Gasteiger partial charge in [-0.05, 0) is 30.2 Å². The third-order valence-corrected chi connectivity index (χ3v) is 4.38. The minimum atomic E-state index is -0.521. The zero-order valence-corrected chi connectivity index (χ0v) is 14.7. The topological polar surface area (TPSA) is 84.7 Å². The molecule has 8 heteroatoms. The lowest BCUT2D eigenvalue weighted by molar-refractivity contribution is -0.384. The van der Waals surface area contributed by atoms with Gasteiger partial charge in [0.05, 0.1) is 29.4 Å². The summed E-state index contributed by atoms with van der Waals surface area (Å²) in [5.41, 5.74) is 1.53. The minimum Gasteiger partial charge on any atom is -0.378 e. The van der Waals surface area contributed by atoms with Crippen molar-refractivity contribution in [1.29, 1.82) is 0 Å². The molecule has 27 heavy (non-hydrogen) atoms. The smallest absolute Gasteiger partial charge is 0.270 e. The normalized spacial score (nSPS) is 14.0. The molecule has 1 heterocycles. The number of carbonyl (C=O) groups is 1. The van der Waals surface area contributed by atoms with Gasteiger partial charge in [0, 0.05) is 31.8 Å². The summed E-state index contributed by atoms with van der Waals surface area (Å²) in [4.78, 5) is 25.2. The quantitative estimate of drug-likeness (QED) is 0.621. The monoisotopic (exact) mass is 373 g/mol. The average Bonchev–Trinajstić information content (AvgIpc) is 2.68. The lowest BCUT2D eigenvalue weighted by Crippen LogP contribution is -2.38. The molecule has 3 rings (SSSR count). The van der Waals surface area contributed by atoms with Gasteiger partial charge in [-0.2, -0.15) is 0 Å². The first-order valence-electron chi connectivity index (χ1n) is 8.68. The van der Waals surface area contributed by atoms with Gasteiger partial charge in [-0.25, -0.2) is 4.39 Å². The second-order valence-electron chi connectivity index (χ2n) is 6.19. The molecule has 0 saturated carbocycles. The van der Waals surface area contributed by atoms with E-state index in [0.717, 1.165) is 5.56 Å². The van der Waals surface area contributed by atoms with Crippen LogP contribution < -0.4 is 10.2 Å².